The number of nitrogens with zero attached hydrogens (tertiary/aromatic N) is 1. The van der Waals surface area contributed by atoms with Crippen LogP contribution in [0.5, 0.6) is 5.75 Å². The van der Waals surface area contributed by atoms with E-state index in [0.717, 1.165) is 18.2 Å². The van der Waals surface area contributed by atoms with Crippen molar-refractivity contribution in [3.63, 3.8) is 0 Å². The molecular formula is C13H18F3N3O3S. The first kappa shape index (κ1) is 19.4. The molecule has 0 aromatic heterocycles. The van der Waals surface area contributed by atoms with Crippen molar-refractivity contribution in [1.29, 1.82) is 0 Å². The predicted molar refractivity (Wildman–Crippen MR) is 78.6 cm³/mol. The third-order valence-corrected chi connectivity index (χ3v) is 4.53. The maximum atomic E-state index is 12.3. The topological polar surface area (TPSA) is 108 Å². The Hall–Kier alpha value is -1.65. The molecule has 0 spiro atoms. The van der Waals surface area contributed by atoms with Crippen LogP contribution in [0.3, 0.4) is 0 Å². The molecule has 1 unspecified atom stereocenters. The molecule has 0 radical (unpaired) electrons. The number of rotatable bonds is 5. The van der Waals surface area contributed by atoms with Crippen LogP contribution in [-0.2, 0) is 14.7 Å². The van der Waals surface area contributed by atoms with Crippen molar-refractivity contribution in [2.75, 3.05) is 0 Å². The van der Waals surface area contributed by atoms with Crippen molar-refractivity contribution in [1.82, 2.24) is 0 Å². The largest absolute Gasteiger partial charge is 0.573 e. The highest BCUT2D eigenvalue weighted by Crippen LogP contribution is 2.25. The number of halogens is 3. The molecule has 0 saturated heterocycles. The van der Waals surface area contributed by atoms with Gasteiger partial charge in [-0.15, -0.1) is 17.5 Å². The number of amides is 1. The first-order chi connectivity index (χ1) is 10.5. The smallest absolute Gasteiger partial charge is 0.406 e. The normalized spacial score (nSPS) is 17.0. The summed E-state index contributed by atoms with van der Waals surface area (Å²) in [5, 5.41) is 5.50. The summed E-state index contributed by atoms with van der Waals surface area (Å²) in [6.45, 7) is 3.53. The van der Waals surface area contributed by atoms with Gasteiger partial charge in [0.05, 0.1) is 10.9 Å². The Balaban J connectivity index is 3.13. The molecule has 0 heterocycles. The van der Waals surface area contributed by atoms with Crippen LogP contribution in [-0.4, -0.2) is 22.5 Å². The molecule has 3 atom stereocenters. The number of benzene rings is 1. The maximum Gasteiger partial charge on any atom is 0.573 e. The quantitative estimate of drug-likeness (QED) is 0.846. The van der Waals surface area contributed by atoms with Crippen molar-refractivity contribution in [3.05, 3.63) is 24.3 Å². The summed E-state index contributed by atoms with van der Waals surface area (Å²) < 4.78 is 56.0. The molecule has 10 heteroatoms. The fourth-order valence-electron chi connectivity index (χ4n) is 1.60. The molecule has 23 heavy (non-hydrogen) atoms. The second kappa shape index (κ2) is 7.28. The molecule has 1 amide bonds. The first-order valence-electron chi connectivity index (χ1n) is 6.66. The van der Waals surface area contributed by atoms with Gasteiger partial charge in [-0.05, 0) is 24.1 Å². The van der Waals surface area contributed by atoms with Gasteiger partial charge in [0.1, 0.15) is 15.7 Å². The van der Waals surface area contributed by atoms with Crippen LogP contribution in [0.2, 0.25) is 0 Å². The number of ether oxygens (including phenoxy) is 1. The number of nitrogens with two attached hydrogens (primary N) is 2. The molecule has 0 aliphatic heterocycles. The molecule has 0 saturated carbocycles. The van der Waals surface area contributed by atoms with E-state index in [1.165, 1.54) is 6.07 Å². The molecule has 0 aliphatic carbocycles. The van der Waals surface area contributed by atoms with E-state index in [4.69, 9.17) is 10.9 Å². The van der Waals surface area contributed by atoms with Crippen molar-refractivity contribution in [2.24, 2.45) is 21.2 Å². The Kier molecular flexibility index (Phi) is 6.14. The van der Waals surface area contributed by atoms with Gasteiger partial charge in [-0.2, -0.15) is 0 Å². The summed E-state index contributed by atoms with van der Waals surface area (Å²) in [5.41, 5.74) is 5.67. The monoisotopic (exact) mass is 353 g/mol. The number of carbonyl (C=O) groups is 1. The Labute approximate surface area is 132 Å². The summed E-state index contributed by atoms with van der Waals surface area (Å²) in [6.07, 6.45) is -4.30. The fourth-order valence-corrected chi connectivity index (χ4v) is 2.65. The lowest BCUT2D eigenvalue weighted by molar-refractivity contribution is -0.274. The maximum absolute atomic E-state index is 12.3. The zero-order valence-electron chi connectivity index (χ0n) is 12.5. The summed E-state index contributed by atoms with van der Waals surface area (Å²) >= 11 is 0. The van der Waals surface area contributed by atoms with Gasteiger partial charge >= 0.3 is 6.36 Å². The molecule has 130 valence electrons. The van der Waals surface area contributed by atoms with E-state index >= 15 is 0 Å². The molecule has 1 aromatic carbocycles. The number of alkyl halides is 3. The predicted octanol–water partition coefficient (Wildman–Crippen LogP) is 2.19. The van der Waals surface area contributed by atoms with E-state index in [1.807, 2.05) is 6.92 Å². The highest BCUT2D eigenvalue weighted by Gasteiger charge is 2.31. The molecule has 0 fully saturated rings. The zero-order valence-corrected chi connectivity index (χ0v) is 13.4. The van der Waals surface area contributed by atoms with E-state index in [-0.39, 0.29) is 10.8 Å². The van der Waals surface area contributed by atoms with E-state index in [2.05, 4.69) is 9.10 Å². The van der Waals surface area contributed by atoms with Gasteiger partial charge in [0, 0.05) is 0 Å². The Morgan fingerprint density at radius 2 is 2.04 bits per heavy atom. The second-order valence-corrected chi connectivity index (χ2v) is 6.72. The van der Waals surface area contributed by atoms with Crippen molar-refractivity contribution in [3.8, 4) is 5.75 Å². The first-order valence-corrected chi connectivity index (χ1v) is 8.24. The second-order valence-electron chi connectivity index (χ2n) is 4.93. The lowest BCUT2D eigenvalue weighted by Gasteiger charge is -2.15. The minimum absolute atomic E-state index is 0.207. The summed E-state index contributed by atoms with van der Waals surface area (Å²) in [5.74, 6) is -1.68. The van der Waals surface area contributed by atoms with Crippen LogP contribution >= 0.6 is 0 Å². The lowest BCUT2D eigenvalue weighted by Crippen LogP contribution is -2.36. The van der Waals surface area contributed by atoms with E-state index in [0.29, 0.717) is 6.42 Å². The fraction of sp³-hybridized carbons (Fsp3) is 0.462. The van der Waals surface area contributed by atoms with E-state index in [9.17, 15) is 22.2 Å². The molecule has 4 N–H and O–H groups in total. The van der Waals surface area contributed by atoms with Crippen LogP contribution in [0.1, 0.15) is 20.3 Å². The molecule has 6 nitrogen and oxygen atoms in total. The van der Waals surface area contributed by atoms with Crippen LogP contribution in [0, 0.1) is 5.92 Å². The highest BCUT2D eigenvalue weighted by atomic mass is 32.2. The Morgan fingerprint density at radius 1 is 1.43 bits per heavy atom. The summed E-state index contributed by atoms with van der Waals surface area (Å²) in [7, 11) is -3.73. The van der Waals surface area contributed by atoms with Gasteiger partial charge in [0.15, 0.2) is 0 Å². The average molecular weight is 353 g/mol. The summed E-state index contributed by atoms with van der Waals surface area (Å²) in [6, 6.07) is 3.20. The molecule has 1 aromatic rings. The highest BCUT2D eigenvalue weighted by molar-refractivity contribution is 7.91. The van der Waals surface area contributed by atoms with Gasteiger partial charge in [0.2, 0.25) is 0 Å². The van der Waals surface area contributed by atoms with Crippen molar-refractivity contribution in [2.45, 2.75) is 37.6 Å². The number of carbonyl (C=O) groups excluding carboxylic acids is 1. The Bertz CT molecular complexity index is 685. The zero-order chi connectivity index (χ0) is 17.8. The minimum atomic E-state index is -4.90. The molecular weight excluding hydrogens is 335 g/mol. The number of hydrogen-bond acceptors (Lipinski definition) is 4. The van der Waals surface area contributed by atoms with Crippen LogP contribution in [0.15, 0.2) is 33.5 Å². The van der Waals surface area contributed by atoms with Crippen molar-refractivity contribution < 1.29 is 26.9 Å². The van der Waals surface area contributed by atoms with Gasteiger partial charge in [-0.3, -0.25) is 4.79 Å². The molecule has 0 bridgehead atoms. The van der Waals surface area contributed by atoms with E-state index < -0.39 is 34.0 Å². The van der Waals surface area contributed by atoms with Crippen LogP contribution < -0.4 is 15.6 Å². The van der Waals surface area contributed by atoms with Crippen LogP contribution in [0.4, 0.5) is 13.2 Å². The van der Waals surface area contributed by atoms with E-state index in [1.54, 1.807) is 6.92 Å². The number of hydrogen-bond donors (Lipinski definition) is 2. The average Bonchev–Trinajstić information content (AvgIpc) is 2.43. The van der Waals surface area contributed by atoms with Crippen molar-refractivity contribution >= 4 is 15.8 Å². The third kappa shape index (κ3) is 5.81. The minimum Gasteiger partial charge on any atom is -0.406 e. The molecule has 1 rings (SSSR count). The lowest BCUT2D eigenvalue weighted by atomic mass is 10.00. The molecule has 0 aliphatic rings. The van der Waals surface area contributed by atoms with Gasteiger partial charge in [0.25, 0.3) is 5.91 Å². The van der Waals surface area contributed by atoms with Gasteiger partial charge < -0.3 is 10.5 Å². The SMILES string of the molecule is CC[C@H](C)[C@H](N)C(=O)N=S(N)(=O)c1cccc(OC(F)(F)F)c1. The van der Waals surface area contributed by atoms with Gasteiger partial charge in [-0.1, -0.05) is 26.3 Å². The Morgan fingerprint density at radius 3 is 2.57 bits per heavy atom. The third-order valence-electron chi connectivity index (χ3n) is 3.14. The van der Waals surface area contributed by atoms with Crippen LogP contribution in [0.25, 0.3) is 0 Å². The van der Waals surface area contributed by atoms with Gasteiger partial charge in [-0.25, -0.2) is 9.35 Å². The summed E-state index contributed by atoms with van der Waals surface area (Å²) in [4.78, 5) is 11.6. The standard InChI is InChI=1S/C13H18F3N3O3S/c1-3-8(2)11(17)12(20)19-23(18,21)10-6-4-5-9(7-10)22-13(14,15)16/h4-8,11H,3,17H2,1-2H3,(H2,18,19,20,21)/t8-,11-,23?/m0/s1.